The van der Waals surface area contributed by atoms with E-state index >= 15 is 0 Å². The Hall–Kier alpha value is -3.39. The molecule has 0 aromatic heterocycles. The summed E-state index contributed by atoms with van der Waals surface area (Å²) in [6, 6.07) is 11.4. The lowest BCUT2D eigenvalue weighted by Crippen LogP contribution is -2.45. The van der Waals surface area contributed by atoms with Crippen LogP contribution in [0.5, 0.6) is 5.75 Å². The van der Waals surface area contributed by atoms with E-state index in [0.29, 0.717) is 10.6 Å². The van der Waals surface area contributed by atoms with Gasteiger partial charge in [0.2, 0.25) is 0 Å². The summed E-state index contributed by atoms with van der Waals surface area (Å²) in [5.74, 6) is -4.75. The predicted molar refractivity (Wildman–Crippen MR) is 98.1 cm³/mol. The number of rotatable bonds is 7. The summed E-state index contributed by atoms with van der Waals surface area (Å²) in [6.45, 7) is 0. The van der Waals surface area contributed by atoms with Crippen LogP contribution < -0.4 is 10.1 Å². The fraction of sp³-hybridized carbons (Fsp3) is 0.158. The first-order valence-corrected chi connectivity index (χ1v) is 8.43. The van der Waals surface area contributed by atoms with Gasteiger partial charge in [0.05, 0.1) is 6.42 Å². The molecule has 2 rings (SSSR count). The summed E-state index contributed by atoms with van der Waals surface area (Å²) in [5.41, 5.74) is 1.25. The van der Waals surface area contributed by atoms with E-state index in [1.165, 1.54) is 24.3 Å². The van der Waals surface area contributed by atoms with Gasteiger partial charge in [0.1, 0.15) is 11.8 Å². The number of nitrogens with one attached hydrogen (secondary N) is 1. The van der Waals surface area contributed by atoms with Crippen LogP contribution in [0.1, 0.15) is 11.1 Å². The molecule has 0 aliphatic heterocycles. The van der Waals surface area contributed by atoms with Crippen LogP contribution >= 0.6 is 11.6 Å². The second kappa shape index (κ2) is 9.52. The predicted octanol–water partition coefficient (Wildman–Crippen LogP) is 1.68. The van der Waals surface area contributed by atoms with Crippen molar-refractivity contribution in [2.24, 2.45) is 0 Å². The summed E-state index contributed by atoms with van der Waals surface area (Å²) in [4.78, 5) is 44.8. The molecule has 146 valence electrons. The highest BCUT2D eigenvalue weighted by Crippen LogP contribution is 2.16. The SMILES string of the molecule is O=C(Cc1ccc(Cl)cc1)Oc1ccc(CC(NC(=O)C(=O)O)C(=O)O)cc1. The number of carboxylic acid groups (broad SMARTS) is 2. The smallest absolute Gasteiger partial charge is 0.394 e. The fourth-order valence-corrected chi connectivity index (χ4v) is 2.41. The minimum Gasteiger partial charge on any atom is -0.480 e. The summed E-state index contributed by atoms with van der Waals surface area (Å²) >= 11 is 5.79. The van der Waals surface area contributed by atoms with E-state index in [0.717, 1.165) is 5.56 Å². The first kappa shape index (κ1) is 20.9. The van der Waals surface area contributed by atoms with Crippen LogP contribution in [-0.2, 0) is 32.0 Å². The highest BCUT2D eigenvalue weighted by atomic mass is 35.5. The van der Waals surface area contributed by atoms with Crippen molar-refractivity contribution in [2.75, 3.05) is 0 Å². The highest BCUT2D eigenvalue weighted by molar-refractivity contribution is 6.32. The first-order chi connectivity index (χ1) is 13.2. The quantitative estimate of drug-likeness (QED) is 0.363. The van der Waals surface area contributed by atoms with Crippen LogP contribution in [0.2, 0.25) is 5.02 Å². The number of aliphatic carboxylic acids is 2. The molecule has 0 aliphatic rings. The summed E-state index contributed by atoms with van der Waals surface area (Å²) in [5, 5.41) is 20.1. The molecule has 8 nitrogen and oxygen atoms in total. The molecule has 9 heteroatoms. The molecule has 0 saturated heterocycles. The molecular weight excluding hydrogens is 390 g/mol. The Morgan fingerprint density at radius 3 is 2.04 bits per heavy atom. The lowest BCUT2D eigenvalue weighted by molar-refractivity contribution is -0.152. The van der Waals surface area contributed by atoms with E-state index in [1.807, 2.05) is 5.32 Å². The fourth-order valence-electron chi connectivity index (χ4n) is 2.29. The maximum absolute atomic E-state index is 12.0. The highest BCUT2D eigenvalue weighted by Gasteiger charge is 2.23. The van der Waals surface area contributed by atoms with E-state index in [4.69, 9.17) is 26.6 Å². The molecule has 1 unspecified atom stereocenters. The minimum atomic E-state index is -1.77. The van der Waals surface area contributed by atoms with Crippen LogP contribution in [0, 0.1) is 0 Å². The molecule has 1 amide bonds. The van der Waals surface area contributed by atoms with Gasteiger partial charge in [-0.1, -0.05) is 35.9 Å². The maximum Gasteiger partial charge on any atom is 0.394 e. The number of hydrogen-bond acceptors (Lipinski definition) is 5. The summed E-state index contributed by atoms with van der Waals surface area (Å²) < 4.78 is 5.22. The summed E-state index contributed by atoms with van der Waals surface area (Å²) in [6.07, 6.45) is -0.0748. The normalized spacial score (nSPS) is 11.3. The van der Waals surface area contributed by atoms with E-state index in [9.17, 15) is 19.2 Å². The van der Waals surface area contributed by atoms with Crippen molar-refractivity contribution < 1.29 is 34.1 Å². The molecule has 0 aliphatic carbocycles. The number of hydrogen-bond donors (Lipinski definition) is 3. The molecule has 2 aromatic rings. The van der Waals surface area contributed by atoms with Gasteiger partial charge in [-0.2, -0.15) is 0 Å². The van der Waals surface area contributed by atoms with Gasteiger partial charge in [-0.05, 0) is 35.4 Å². The molecule has 28 heavy (non-hydrogen) atoms. The van der Waals surface area contributed by atoms with Crippen LogP contribution in [-0.4, -0.2) is 40.1 Å². The number of halogens is 1. The zero-order chi connectivity index (χ0) is 20.7. The standard InChI is InChI=1S/C19H16ClNO7/c20-13-5-1-12(2-6-13)10-16(22)28-14-7-3-11(4-8-14)9-15(18(24)25)21-17(23)19(26)27/h1-8,15H,9-10H2,(H,21,23)(H,24,25)(H,26,27). The second-order valence-electron chi connectivity index (χ2n) is 5.79. The number of carboxylic acids is 2. The third-order valence-electron chi connectivity index (χ3n) is 3.65. The first-order valence-electron chi connectivity index (χ1n) is 8.05. The van der Waals surface area contributed by atoms with Crippen LogP contribution in [0.3, 0.4) is 0 Å². The zero-order valence-electron chi connectivity index (χ0n) is 14.4. The number of esters is 1. The topological polar surface area (TPSA) is 130 Å². The Morgan fingerprint density at radius 1 is 0.929 bits per heavy atom. The lowest BCUT2D eigenvalue weighted by Gasteiger charge is -2.13. The van der Waals surface area contributed by atoms with Crippen molar-refractivity contribution in [3.05, 3.63) is 64.7 Å². The van der Waals surface area contributed by atoms with E-state index < -0.39 is 29.9 Å². The van der Waals surface area contributed by atoms with E-state index in [-0.39, 0.29) is 18.6 Å². The van der Waals surface area contributed by atoms with Crippen LogP contribution in [0.15, 0.2) is 48.5 Å². The summed E-state index contributed by atoms with van der Waals surface area (Å²) in [7, 11) is 0. The Labute approximate surface area is 164 Å². The number of benzene rings is 2. The molecule has 0 radical (unpaired) electrons. The minimum absolute atomic E-state index is 0.0568. The lowest BCUT2D eigenvalue weighted by atomic mass is 10.1. The van der Waals surface area contributed by atoms with Crippen molar-refractivity contribution in [3.63, 3.8) is 0 Å². The van der Waals surface area contributed by atoms with Crippen LogP contribution in [0.25, 0.3) is 0 Å². The Bertz CT molecular complexity index is 878. The van der Waals surface area contributed by atoms with Gasteiger partial charge in [-0.3, -0.25) is 9.59 Å². The van der Waals surface area contributed by atoms with Gasteiger partial charge in [0.25, 0.3) is 0 Å². The number of carbonyl (C=O) groups is 4. The van der Waals surface area contributed by atoms with Crippen LogP contribution in [0.4, 0.5) is 0 Å². The molecule has 0 spiro atoms. The van der Waals surface area contributed by atoms with Gasteiger partial charge < -0.3 is 20.3 Å². The Balaban J connectivity index is 1.95. The van der Waals surface area contributed by atoms with Crippen molar-refractivity contribution in [1.29, 1.82) is 0 Å². The van der Waals surface area contributed by atoms with Crippen molar-refractivity contribution in [3.8, 4) is 5.75 Å². The maximum atomic E-state index is 12.0. The van der Waals surface area contributed by atoms with Gasteiger partial charge in [0, 0.05) is 11.4 Å². The third-order valence-corrected chi connectivity index (χ3v) is 3.91. The third kappa shape index (κ3) is 6.40. The molecule has 3 N–H and O–H groups in total. The molecule has 0 heterocycles. The monoisotopic (exact) mass is 405 g/mol. The number of amides is 1. The number of carbonyl (C=O) groups excluding carboxylic acids is 2. The molecular formula is C19H16ClNO7. The Morgan fingerprint density at radius 2 is 1.50 bits per heavy atom. The molecule has 1 atom stereocenters. The van der Waals surface area contributed by atoms with Crippen molar-refractivity contribution in [1.82, 2.24) is 5.32 Å². The Kier molecular flexibility index (Phi) is 7.11. The largest absolute Gasteiger partial charge is 0.480 e. The second-order valence-corrected chi connectivity index (χ2v) is 6.23. The average molecular weight is 406 g/mol. The van der Waals surface area contributed by atoms with Gasteiger partial charge in [-0.25, -0.2) is 9.59 Å². The van der Waals surface area contributed by atoms with Crippen molar-refractivity contribution >= 4 is 35.4 Å². The van der Waals surface area contributed by atoms with E-state index in [2.05, 4.69) is 0 Å². The molecule has 0 fully saturated rings. The molecule has 0 saturated carbocycles. The van der Waals surface area contributed by atoms with Crippen molar-refractivity contribution in [2.45, 2.75) is 18.9 Å². The van der Waals surface area contributed by atoms with Gasteiger partial charge in [-0.15, -0.1) is 0 Å². The van der Waals surface area contributed by atoms with Gasteiger partial charge >= 0.3 is 23.8 Å². The number of ether oxygens (including phenoxy) is 1. The average Bonchev–Trinajstić information content (AvgIpc) is 2.64. The molecule has 0 bridgehead atoms. The van der Waals surface area contributed by atoms with Gasteiger partial charge in [0.15, 0.2) is 0 Å². The zero-order valence-corrected chi connectivity index (χ0v) is 15.2. The molecule has 2 aromatic carbocycles. The van der Waals surface area contributed by atoms with E-state index in [1.54, 1.807) is 24.3 Å².